The fourth-order valence-corrected chi connectivity index (χ4v) is 2.28. The number of anilines is 1. The predicted octanol–water partition coefficient (Wildman–Crippen LogP) is 4.00. The molecule has 2 aromatic carbocycles. The highest BCUT2D eigenvalue weighted by molar-refractivity contribution is 5.94. The van der Waals surface area contributed by atoms with Gasteiger partial charge in [-0.25, -0.2) is 0 Å². The number of nitrogens with one attached hydrogen (secondary N) is 1. The summed E-state index contributed by atoms with van der Waals surface area (Å²) in [6.07, 6.45) is -4.79. The number of nitrogen functional groups attached to an aromatic ring is 1. The minimum Gasteiger partial charge on any atom is -0.491 e. The van der Waals surface area contributed by atoms with Gasteiger partial charge in [0.1, 0.15) is 5.75 Å². The summed E-state index contributed by atoms with van der Waals surface area (Å²) in [5.74, 6) is -0.365. The molecule has 0 atom stereocenters. The maximum absolute atomic E-state index is 13.3. The Morgan fingerprint density at radius 2 is 1.92 bits per heavy atom. The van der Waals surface area contributed by atoms with Gasteiger partial charge in [0, 0.05) is 17.8 Å². The quantitative estimate of drug-likeness (QED) is 0.800. The first-order valence-electron chi connectivity index (χ1n) is 7.67. The van der Waals surface area contributed by atoms with E-state index in [4.69, 9.17) is 10.5 Å². The van der Waals surface area contributed by atoms with Crippen LogP contribution in [0, 0.1) is 0 Å². The van der Waals surface area contributed by atoms with Crippen LogP contribution in [0.3, 0.4) is 0 Å². The molecule has 0 aromatic heterocycles. The molecule has 0 unspecified atom stereocenters. The highest BCUT2D eigenvalue weighted by Crippen LogP contribution is 2.34. The third kappa shape index (κ3) is 5.14. The van der Waals surface area contributed by atoms with E-state index in [1.807, 2.05) is 0 Å². The molecule has 3 N–H and O–H groups in total. The van der Waals surface area contributed by atoms with E-state index in [2.05, 4.69) is 5.32 Å². The molecule has 0 radical (unpaired) electrons. The molecule has 0 heterocycles. The van der Waals surface area contributed by atoms with Gasteiger partial charge in [0.05, 0.1) is 11.7 Å². The molecular formula is C18H19F3N2O2. The zero-order valence-corrected chi connectivity index (χ0v) is 13.9. The SMILES string of the molecule is CC(C)Oc1ccc(CNC(=O)c2cccc(N)c2)c(C(F)(F)F)c1. The maximum Gasteiger partial charge on any atom is 0.416 e. The van der Waals surface area contributed by atoms with Crippen LogP contribution in [0.4, 0.5) is 18.9 Å². The third-order valence-electron chi connectivity index (χ3n) is 3.35. The molecule has 0 spiro atoms. The van der Waals surface area contributed by atoms with Crippen molar-refractivity contribution in [2.45, 2.75) is 32.7 Å². The van der Waals surface area contributed by atoms with Crippen molar-refractivity contribution in [2.24, 2.45) is 0 Å². The summed E-state index contributed by atoms with van der Waals surface area (Å²) in [5.41, 5.74) is 5.41. The lowest BCUT2D eigenvalue weighted by Crippen LogP contribution is -2.24. The van der Waals surface area contributed by atoms with Crippen LogP contribution >= 0.6 is 0 Å². The maximum atomic E-state index is 13.3. The number of hydrogen-bond donors (Lipinski definition) is 2. The van der Waals surface area contributed by atoms with E-state index in [1.165, 1.54) is 24.3 Å². The molecule has 2 rings (SSSR count). The van der Waals surface area contributed by atoms with Crippen molar-refractivity contribution in [1.29, 1.82) is 0 Å². The number of carbonyl (C=O) groups excluding carboxylic acids is 1. The van der Waals surface area contributed by atoms with Crippen molar-refractivity contribution in [2.75, 3.05) is 5.73 Å². The van der Waals surface area contributed by atoms with Crippen LogP contribution in [-0.4, -0.2) is 12.0 Å². The third-order valence-corrected chi connectivity index (χ3v) is 3.35. The molecule has 7 heteroatoms. The van der Waals surface area contributed by atoms with Gasteiger partial charge in [-0.1, -0.05) is 12.1 Å². The van der Waals surface area contributed by atoms with Gasteiger partial charge in [-0.05, 0) is 49.7 Å². The lowest BCUT2D eigenvalue weighted by molar-refractivity contribution is -0.138. The number of halogens is 3. The molecule has 134 valence electrons. The number of ether oxygens (including phenoxy) is 1. The Kier molecular flexibility index (Phi) is 5.56. The minimum absolute atomic E-state index is 0.0409. The topological polar surface area (TPSA) is 64.3 Å². The summed E-state index contributed by atoms with van der Waals surface area (Å²) in [4.78, 5) is 12.1. The minimum atomic E-state index is -4.55. The first kappa shape index (κ1) is 18.6. The second kappa shape index (κ2) is 7.46. The normalized spacial score (nSPS) is 11.4. The zero-order valence-electron chi connectivity index (χ0n) is 13.9. The first-order valence-corrected chi connectivity index (χ1v) is 7.67. The highest BCUT2D eigenvalue weighted by atomic mass is 19.4. The van der Waals surface area contributed by atoms with Crippen molar-refractivity contribution in [1.82, 2.24) is 5.32 Å². The highest BCUT2D eigenvalue weighted by Gasteiger charge is 2.34. The summed E-state index contributed by atoms with van der Waals surface area (Å²) in [6, 6.07) is 9.92. The molecule has 25 heavy (non-hydrogen) atoms. The van der Waals surface area contributed by atoms with Gasteiger partial charge < -0.3 is 15.8 Å². The van der Waals surface area contributed by atoms with E-state index in [0.29, 0.717) is 5.69 Å². The first-order chi connectivity index (χ1) is 11.7. The smallest absolute Gasteiger partial charge is 0.416 e. The number of hydrogen-bond acceptors (Lipinski definition) is 3. The van der Waals surface area contributed by atoms with Crippen molar-refractivity contribution < 1.29 is 22.7 Å². The van der Waals surface area contributed by atoms with Crippen molar-refractivity contribution >= 4 is 11.6 Å². The lowest BCUT2D eigenvalue weighted by Gasteiger charge is -2.17. The monoisotopic (exact) mass is 352 g/mol. The molecule has 0 fully saturated rings. The standard InChI is InChI=1S/C18H19F3N2O2/c1-11(2)25-15-7-6-13(16(9-15)18(19,20)21)10-23-17(24)12-4-3-5-14(22)8-12/h3-9,11H,10,22H2,1-2H3,(H,23,24). The van der Waals surface area contributed by atoms with Gasteiger partial charge in [0.15, 0.2) is 0 Å². The van der Waals surface area contributed by atoms with Crippen molar-refractivity contribution in [3.05, 3.63) is 59.2 Å². The summed E-state index contributed by atoms with van der Waals surface area (Å²) < 4.78 is 45.2. The van der Waals surface area contributed by atoms with Crippen LogP contribution in [0.15, 0.2) is 42.5 Å². The predicted molar refractivity (Wildman–Crippen MR) is 89.2 cm³/mol. The summed E-state index contributed by atoms with van der Waals surface area (Å²) >= 11 is 0. The van der Waals surface area contributed by atoms with E-state index in [-0.39, 0.29) is 29.5 Å². The molecular weight excluding hydrogens is 333 g/mol. The number of carbonyl (C=O) groups is 1. The van der Waals surface area contributed by atoms with Gasteiger partial charge in [-0.2, -0.15) is 13.2 Å². The van der Waals surface area contributed by atoms with Gasteiger partial charge >= 0.3 is 6.18 Å². The average molecular weight is 352 g/mol. The van der Waals surface area contributed by atoms with Crippen LogP contribution in [0.1, 0.15) is 35.3 Å². The molecule has 0 aliphatic heterocycles. The number of rotatable bonds is 5. The lowest BCUT2D eigenvalue weighted by atomic mass is 10.1. The Bertz CT molecular complexity index is 758. The summed E-state index contributed by atoms with van der Waals surface area (Å²) in [5, 5.41) is 2.48. The van der Waals surface area contributed by atoms with E-state index in [9.17, 15) is 18.0 Å². The number of amides is 1. The van der Waals surface area contributed by atoms with Gasteiger partial charge in [-0.15, -0.1) is 0 Å². The Balaban J connectivity index is 2.19. The molecule has 0 aliphatic carbocycles. The van der Waals surface area contributed by atoms with E-state index < -0.39 is 17.6 Å². The Labute approximate surface area is 143 Å². The summed E-state index contributed by atoms with van der Waals surface area (Å²) in [6.45, 7) is 3.20. The molecule has 2 aromatic rings. The zero-order chi connectivity index (χ0) is 18.6. The largest absolute Gasteiger partial charge is 0.491 e. The van der Waals surface area contributed by atoms with Crippen molar-refractivity contribution in [3.8, 4) is 5.75 Å². The molecule has 1 amide bonds. The molecule has 0 saturated carbocycles. The van der Waals surface area contributed by atoms with Crippen LogP contribution in [0.25, 0.3) is 0 Å². The second-order valence-electron chi connectivity index (χ2n) is 5.79. The van der Waals surface area contributed by atoms with Gasteiger partial charge in [0.25, 0.3) is 5.91 Å². The Morgan fingerprint density at radius 1 is 1.20 bits per heavy atom. The van der Waals surface area contributed by atoms with Crippen molar-refractivity contribution in [3.63, 3.8) is 0 Å². The van der Waals surface area contributed by atoms with Crippen LogP contribution < -0.4 is 15.8 Å². The molecule has 0 aliphatic rings. The van der Waals surface area contributed by atoms with E-state index in [0.717, 1.165) is 6.07 Å². The average Bonchev–Trinajstić information content (AvgIpc) is 2.51. The van der Waals surface area contributed by atoms with Crippen LogP contribution in [-0.2, 0) is 12.7 Å². The molecule has 0 bridgehead atoms. The van der Waals surface area contributed by atoms with E-state index in [1.54, 1.807) is 26.0 Å². The molecule has 4 nitrogen and oxygen atoms in total. The number of nitrogens with two attached hydrogens (primary N) is 1. The van der Waals surface area contributed by atoms with Crippen LogP contribution in [0.5, 0.6) is 5.75 Å². The van der Waals surface area contributed by atoms with Crippen LogP contribution in [0.2, 0.25) is 0 Å². The van der Waals surface area contributed by atoms with Gasteiger partial charge in [0.2, 0.25) is 0 Å². The fraction of sp³-hybridized carbons (Fsp3) is 0.278. The summed E-state index contributed by atoms with van der Waals surface area (Å²) in [7, 11) is 0. The Hall–Kier alpha value is -2.70. The Morgan fingerprint density at radius 3 is 2.52 bits per heavy atom. The number of alkyl halides is 3. The fourth-order valence-electron chi connectivity index (χ4n) is 2.28. The number of benzene rings is 2. The van der Waals surface area contributed by atoms with E-state index >= 15 is 0 Å². The molecule has 0 saturated heterocycles. The second-order valence-corrected chi connectivity index (χ2v) is 5.79. The van der Waals surface area contributed by atoms with Gasteiger partial charge in [-0.3, -0.25) is 4.79 Å².